The van der Waals surface area contributed by atoms with Gasteiger partial charge in [0.2, 0.25) is 0 Å². The molecule has 0 bridgehead atoms. The lowest BCUT2D eigenvalue weighted by atomic mass is 9.48. The van der Waals surface area contributed by atoms with Crippen molar-refractivity contribution in [3.63, 3.8) is 0 Å². The zero-order chi connectivity index (χ0) is 15.3. The standard InChI is InChI=1S/C15H20BrClN2O/c1-14(2)12(18)15(3,4)13(14)19-11(20)8-5-6-9(16)10(17)7-8/h5-7,12-13H,18H2,1-4H3,(H,19,20). The lowest BCUT2D eigenvalue weighted by Gasteiger charge is -2.62. The van der Waals surface area contributed by atoms with Crippen LogP contribution < -0.4 is 11.1 Å². The van der Waals surface area contributed by atoms with Crippen LogP contribution in [0.4, 0.5) is 0 Å². The van der Waals surface area contributed by atoms with E-state index in [-0.39, 0.29) is 28.8 Å². The van der Waals surface area contributed by atoms with E-state index in [9.17, 15) is 4.79 Å². The first-order valence-electron chi connectivity index (χ1n) is 6.60. The highest BCUT2D eigenvalue weighted by atomic mass is 79.9. The summed E-state index contributed by atoms with van der Waals surface area (Å²) in [5, 5.41) is 3.63. The molecule has 1 aromatic carbocycles. The SMILES string of the molecule is CC1(C)C(N)C(C)(C)C1NC(=O)c1ccc(Br)c(Cl)c1. The van der Waals surface area contributed by atoms with Crippen LogP contribution in [0, 0.1) is 10.8 Å². The molecule has 20 heavy (non-hydrogen) atoms. The zero-order valence-electron chi connectivity index (χ0n) is 12.1. The number of hydrogen-bond donors (Lipinski definition) is 2. The first kappa shape index (κ1) is 15.8. The molecule has 0 unspecified atom stereocenters. The molecule has 1 saturated carbocycles. The summed E-state index contributed by atoms with van der Waals surface area (Å²) in [6, 6.07) is 5.30. The van der Waals surface area contributed by atoms with Gasteiger partial charge in [-0.25, -0.2) is 0 Å². The van der Waals surface area contributed by atoms with Crippen LogP contribution in [0.3, 0.4) is 0 Å². The van der Waals surface area contributed by atoms with E-state index in [0.717, 1.165) is 4.47 Å². The molecule has 1 aromatic rings. The summed E-state index contributed by atoms with van der Waals surface area (Å²) in [6.45, 7) is 8.34. The summed E-state index contributed by atoms with van der Waals surface area (Å²) < 4.78 is 0.780. The number of nitrogens with two attached hydrogens (primary N) is 1. The average molecular weight is 360 g/mol. The minimum absolute atomic E-state index is 0.0416. The van der Waals surface area contributed by atoms with Gasteiger partial charge in [-0.1, -0.05) is 39.3 Å². The second kappa shape index (κ2) is 5.00. The van der Waals surface area contributed by atoms with Gasteiger partial charge in [0.25, 0.3) is 5.91 Å². The number of carbonyl (C=O) groups is 1. The number of amides is 1. The van der Waals surface area contributed by atoms with Crippen molar-refractivity contribution in [1.82, 2.24) is 5.32 Å². The predicted octanol–water partition coefficient (Wildman–Crippen LogP) is 3.59. The van der Waals surface area contributed by atoms with Crippen molar-refractivity contribution >= 4 is 33.4 Å². The predicted molar refractivity (Wildman–Crippen MR) is 85.9 cm³/mol. The molecule has 1 fully saturated rings. The van der Waals surface area contributed by atoms with E-state index in [2.05, 4.69) is 48.9 Å². The van der Waals surface area contributed by atoms with Crippen LogP contribution in [0.5, 0.6) is 0 Å². The summed E-state index contributed by atoms with van der Waals surface area (Å²) in [6.07, 6.45) is 0. The Morgan fingerprint density at radius 2 is 1.85 bits per heavy atom. The van der Waals surface area contributed by atoms with Crippen molar-refractivity contribution < 1.29 is 4.79 Å². The van der Waals surface area contributed by atoms with E-state index in [0.29, 0.717) is 10.6 Å². The molecule has 1 aliphatic rings. The van der Waals surface area contributed by atoms with Crippen molar-refractivity contribution in [1.29, 1.82) is 0 Å². The van der Waals surface area contributed by atoms with Crippen LogP contribution >= 0.6 is 27.5 Å². The van der Waals surface area contributed by atoms with Gasteiger partial charge in [0.05, 0.1) is 5.02 Å². The Hall–Kier alpha value is -0.580. The van der Waals surface area contributed by atoms with Crippen LogP contribution in [0.1, 0.15) is 38.1 Å². The highest BCUT2D eigenvalue weighted by molar-refractivity contribution is 9.10. The Kier molecular flexibility index (Phi) is 3.95. The Balaban J connectivity index is 2.18. The molecule has 0 aromatic heterocycles. The van der Waals surface area contributed by atoms with Gasteiger partial charge >= 0.3 is 0 Å². The Labute approximate surface area is 133 Å². The van der Waals surface area contributed by atoms with Crippen molar-refractivity contribution in [3.8, 4) is 0 Å². The van der Waals surface area contributed by atoms with Gasteiger partial charge in [-0.15, -0.1) is 0 Å². The van der Waals surface area contributed by atoms with Crippen LogP contribution in [-0.2, 0) is 0 Å². The molecule has 1 amide bonds. The van der Waals surface area contributed by atoms with Crippen molar-refractivity contribution in [2.24, 2.45) is 16.6 Å². The number of hydrogen-bond acceptors (Lipinski definition) is 2. The third-order valence-corrected chi connectivity index (χ3v) is 5.78. The number of benzene rings is 1. The Bertz CT molecular complexity index is 541. The summed E-state index contributed by atoms with van der Waals surface area (Å²) in [4.78, 5) is 12.4. The summed E-state index contributed by atoms with van der Waals surface area (Å²) in [5.41, 5.74) is 6.54. The normalized spacial score (nSPS) is 26.8. The highest BCUT2D eigenvalue weighted by Gasteiger charge is 2.60. The molecule has 5 heteroatoms. The molecular formula is C15H20BrClN2O. The van der Waals surface area contributed by atoms with Gasteiger partial charge in [0.15, 0.2) is 0 Å². The van der Waals surface area contributed by atoms with E-state index in [1.165, 1.54) is 0 Å². The van der Waals surface area contributed by atoms with Gasteiger partial charge in [-0.3, -0.25) is 4.79 Å². The average Bonchev–Trinajstić information content (AvgIpc) is 2.37. The summed E-state index contributed by atoms with van der Waals surface area (Å²) in [5.74, 6) is -0.113. The monoisotopic (exact) mass is 358 g/mol. The molecule has 0 radical (unpaired) electrons. The second-order valence-electron chi connectivity index (χ2n) is 6.66. The van der Waals surface area contributed by atoms with Crippen LogP contribution in [0.2, 0.25) is 5.02 Å². The number of carbonyl (C=O) groups excluding carboxylic acids is 1. The first-order valence-corrected chi connectivity index (χ1v) is 7.77. The maximum Gasteiger partial charge on any atom is 0.251 e. The molecule has 0 spiro atoms. The molecule has 0 saturated heterocycles. The van der Waals surface area contributed by atoms with E-state index < -0.39 is 0 Å². The van der Waals surface area contributed by atoms with E-state index in [1.807, 2.05) is 0 Å². The molecule has 2 rings (SSSR count). The molecule has 0 atom stereocenters. The number of rotatable bonds is 2. The van der Waals surface area contributed by atoms with E-state index in [1.54, 1.807) is 18.2 Å². The zero-order valence-corrected chi connectivity index (χ0v) is 14.5. The van der Waals surface area contributed by atoms with Gasteiger partial charge in [0, 0.05) is 32.9 Å². The molecule has 3 N–H and O–H groups in total. The van der Waals surface area contributed by atoms with Crippen molar-refractivity contribution in [2.75, 3.05) is 0 Å². The highest BCUT2D eigenvalue weighted by Crippen LogP contribution is 2.52. The molecule has 0 aliphatic heterocycles. The lowest BCUT2D eigenvalue weighted by molar-refractivity contribution is -0.0663. The molecule has 3 nitrogen and oxygen atoms in total. The number of nitrogens with one attached hydrogen (secondary N) is 1. The van der Waals surface area contributed by atoms with Crippen molar-refractivity contribution in [2.45, 2.75) is 39.8 Å². The molecule has 110 valence electrons. The largest absolute Gasteiger partial charge is 0.348 e. The van der Waals surface area contributed by atoms with Crippen molar-refractivity contribution in [3.05, 3.63) is 33.3 Å². The lowest BCUT2D eigenvalue weighted by Crippen LogP contribution is -2.76. The molecule has 1 aliphatic carbocycles. The quantitative estimate of drug-likeness (QED) is 0.848. The number of halogens is 2. The summed E-state index contributed by atoms with van der Waals surface area (Å²) in [7, 11) is 0. The minimum Gasteiger partial charge on any atom is -0.348 e. The fourth-order valence-electron chi connectivity index (χ4n) is 3.40. The van der Waals surface area contributed by atoms with Gasteiger partial charge in [0.1, 0.15) is 0 Å². The van der Waals surface area contributed by atoms with Gasteiger partial charge in [-0.2, -0.15) is 0 Å². The Morgan fingerprint density at radius 1 is 1.30 bits per heavy atom. The third-order valence-electron chi connectivity index (χ3n) is 4.55. The van der Waals surface area contributed by atoms with Gasteiger partial charge < -0.3 is 11.1 Å². The molecule has 0 heterocycles. The summed E-state index contributed by atoms with van der Waals surface area (Å²) >= 11 is 9.35. The van der Waals surface area contributed by atoms with Crippen LogP contribution in [-0.4, -0.2) is 18.0 Å². The topological polar surface area (TPSA) is 55.1 Å². The van der Waals surface area contributed by atoms with Crippen LogP contribution in [0.15, 0.2) is 22.7 Å². The van der Waals surface area contributed by atoms with E-state index >= 15 is 0 Å². The van der Waals surface area contributed by atoms with Gasteiger partial charge in [-0.05, 0) is 34.1 Å². The maximum atomic E-state index is 12.4. The first-order chi connectivity index (χ1) is 9.08. The molecular weight excluding hydrogens is 340 g/mol. The second-order valence-corrected chi connectivity index (χ2v) is 7.92. The Morgan fingerprint density at radius 3 is 2.35 bits per heavy atom. The fourth-order valence-corrected chi connectivity index (χ4v) is 3.83. The van der Waals surface area contributed by atoms with Crippen LogP contribution in [0.25, 0.3) is 0 Å². The minimum atomic E-state index is -0.113. The fraction of sp³-hybridized carbons (Fsp3) is 0.533. The maximum absolute atomic E-state index is 12.4. The smallest absolute Gasteiger partial charge is 0.251 e. The van der Waals surface area contributed by atoms with E-state index in [4.69, 9.17) is 17.3 Å². The third kappa shape index (κ3) is 2.38.